The van der Waals surface area contributed by atoms with Crippen LogP contribution in [-0.4, -0.2) is 24.4 Å². The van der Waals surface area contributed by atoms with Gasteiger partial charge in [-0.1, -0.05) is 26.7 Å². The molecule has 0 radical (unpaired) electrons. The standard InChI is InChI=1S/C12H24O2/c1-10(2)7-11-5-4-6-12(13,8-11)9-14-3/h10-11,13H,4-9H2,1-3H3. The molecule has 0 amide bonds. The van der Waals surface area contributed by atoms with Crippen molar-refractivity contribution in [2.45, 2.75) is 51.6 Å². The van der Waals surface area contributed by atoms with Crippen molar-refractivity contribution >= 4 is 0 Å². The summed E-state index contributed by atoms with van der Waals surface area (Å²) in [6.07, 6.45) is 5.52. The Morgan fingerprint density at radius 1 is 1.50 bits per heavy atom. The van der Waals surface area contributed by atoms with Gasteiger partial charge in [0.1, 0.15) is 0 Å². The van der Waals surface area contributed by atoms with Gasteiger partial charge in [-0.05, 0) is 31.1 Å². The maximum absolute atomic E-state index is 10.2. The van der Waals surface area contributed by atoms with Crippen LogP contribution in [0.2, 0.25) is 0 Å². The molecule has 2 nitrogen and oxygen atoms in total. The van der Waals surface area contributed by atoms with Gasteiger partial charge in [0, 0.05) is 7.11 Å². The van der Waals surface area contributed by atoms with Crippen molar-refractivity contribution in [3.63, 3.8) is 0 Å². The van der Waals surface area contributed by atoms with E-state index < -0.39 is 5.60 Å². The fourth-order valence-electron chi connectivity index (χ4n) is 2.73. The lowest BCUT2D eigenvalue weighted by Gasteiger charge is -2.37. The summed E-state index contributed by atoms with van der Waals surface area (Å²) < 4.78 is 5.09. The Bertz CT molecular complexity index is 164. The van der Waals surface area contributed by atoms with Crippen LogP contribution in [0.15, 0.2) is 0 Å². The van der Waals surface area contributed by atoms with E-state index in [1.807, 2.05) is 0 Å². The Labute approximate surface area is 87.7 Å². The van der Waals surface area contributed by atoms with E-state index in [1.54, 1.807) is 7.11 Å². The molecule has 1 aliphatic carbocycles. The van der Waals surface area contributed by atoms with E-state index in [2.05, 4.69) is 13.8 Å². The van der Waals surface area contributed by atoms with Crippen molar-refractivity contribution < 1.29 is 9.84 Å². The quantitative estimate of drug-likeness (QED) is 0.756. The van der Waals surface area contributed by atoms with E-state index in [9.17, 15) is 5.11 Å². The molecule has 1 rings (SSSR count). The highest BCUT2D eigenvalue weighted by atomic mass is 16.5. The first-order chi connectivity index (χ1) is 6.56. The Kier molecular flexibility index (Phi) is 4.39. The average molecular weight is 200 g/mol. The van der Waals surface area contributed by atoms with Gasteiger partial charge in [-0.3, -0.25) is 0 Å². The summed E-state index contributed by atoms with van der Waals surface area (Å²) in [4.78, 5) is 0. The molecule has 2 atom stereocenters. The molecule has 84 valence electrons. The predicted octanol–water partition coefficient (Wildman–Crippen LogP) is 2.60. The number of methoxy groups -OCH3 is 1. The molecule has 0 saturated heterocycles. The maximum atomic E-state index is 10.2. The van der Waals surface area contributed by atoms with Crippen molar-refractivity contribution in [3.05, 3.63) is 0 Å². The maximum Gasteiger partial charge on any atom is 0.0882 e. The number of hydrogen-bond donors (Lipinski definition) is 1. The third-order valence-electron chi connectivity index (χ3n) is 3.14. The number of rotatable bonds is 4. The highest BCUT2D eigenvalue weighted by Crippen LogP contribution is 2.35. The van der Waals surface area contributed by atoms with Gasteiger partial charge in [-0.15, -0.1) is 0 Å². The molecule has 0 aromatic rings. The molecule has 1 N–H and O–H groups in total. The largest absolute Gasteiger partial charge is 0.387 e. The molecule has 2 heteroatoms. The smallest absolute Gasteiger partial charge is 0.0882 e. The van der Waals surface area contributed by atoms with Gasteiger partial charge >= 0.3 is 0 Å². The second kappa shape index (κ2) is 5.13. The Morgan fingerprint density at radius 2 is 2.21 bits per heavy atom. The summed E-state index contributed by atoms with van der Waals surface area (Å²) in [7, 11) is 1.67. The van der Waals surface area contributed by atoms with E-state index in [4.69, 9.17) is 4.74 Å². The molecule has 14 heavy (non-hydrogen) atoms. The van der Waals surface area contributed by atoms with Gasteiger partial charge in [-0.25, -0.2) is 0 Å². The first-order valence-electron chi connectivity index (χ1n) is 5.77. The van der Waals surface area contributed by atoms with Crippen LogP contribution in [-0.2, 0) is 4.74 Å². The first kappa shape index (κ1) is 12.0. The van der Waals surface area contributed by atoms with Gasteiger partial charge in [0.05, 0.1) is 12.2 Å². The fraction of sp³-hybridized carbons (Fsp3) is 1.00. The summed E-state index contributed by atoms with van der Waals surface area (Å²) in [6, 6.07) is 0. The van der Waals surface area contributed by atoms with E-state index >= 15 is 0 Å². The van der Waals surface area contributed by atoms with Crippen LogP contribution in [0.3, 0.4) is 0 Å². The van der Waals surface area contributed by atoms with Gasteiger partial charge in [-0.2, -0.15) is 0 Å². The Morgan fingerprint density at radius 3 is 2.79 bits per heavy atom. The summed E-state index contributed by atoms with van der Waals surface area (Å²) in [5.74, 6) is 1.44. The van der Waals surface area contributed by atoms with E-state index in [0.717, 1.165) is 25.2 Å². The Balaban J connectivity index is 2.42. The molecule has 0 bridgehead atoms. The summed E-state index contributed by atoms with van der Waals surface area (Å²) >= 11 is 0. The van der Waals surface area contributed by atoms with Gasteiger partial charge in [0.15, 0.2) is 0 Å². The SMILES string of the molecule is COCC1(O)CCCC(CC(C)C)C1. The highest BCUT2D eigenvalue weighted by molar-refractivity contribution is 4.86. The number of aliphatic hydroxyl groups is 1. The highest BCUT2D eigenvalue weighted by Gasteiger charge is 2.34. The molecule has 1 aliphatic rings. The summed E-state index contributed by atoms with van der Waals surface area (Å²) in [6.45, 7) is 5.01. The molecule has 0 aromatic carbocycles. The molecule has 0 aliphatic heterocycles. The minimum absolute atomic E-state index is 0.502. The van der Waals surface area contributed by atoms with Crippen LogP contribution in [0.1, 0.15) is 46.0 Å². The van der Waals surface area contributed by atoms with Gasteiger partial charge < -0.3 is 9.84 Å². The van der Waals surface area contributed by atoms with E-state index in [-0.39, 0.29) is 0 Å². The third-order valence-corrected chi connectivity index (χ3v) is 3.14. The molecule has 1 saturated carbocycles. The van der Waals surface area contributed by atoms with Gasteiger partial charge in [0.25, 0.3) is 0 Å². The summed E-state index contributed by atoms with van der Waals surface area (Å²) in [5.41, 5.74) is -0.535. The third kappa shape index (κ3) is 3.58. The van der Waals surface area contributed by atoms with E-state index in [1.165, 1.54) is 12.8 Å². The zero-order valence-electron chi connectivity index (χ0n) is 9.75. The van der Waals surface area contributed by atoms with Crippen LogP contribution in [0, 0.1) is 11.8 Å². The topological polar surface area (TPSA) is 29.5 Å². The molecular weight excluding hydrogens is 176 g/mol. The number of ether oxygens (including phenoxy) is 1. The summed E-state index contributed by atoms with van der Waals surface area (Å²) in [5, 5.41) is 10.2. The van der Waals surface area contributed by atoms with E-state index in [0.29, 0.717) is 12.5 Å². The lowest BCUT2D eigenvalue weighted by atomic mass is 9.75. The molecule has 0 aromatic heterocycles. The van der Waals surface area contributed by atoms with Gasteiger partial charge in [0.2, 0.25) is 0 Å². The van der Waals surface area contributed by atoms with Crippen molar-refractivity contribution in [2.24, 2.45) is 11.8 Å². The predicted molar refractivity (Wildman–Crippen MR) is 58.2 cm³/mol. The molecular formula is C12H24O2. The monoisotopic (exact) mass is 200 g/mol. The van der Waals surface area contributed by atoms with Crippen LogP contribution in [0.5, 0.6) is 0 Å². The van der Waals surface area contributed by atoms with Crippen LogP contribution in [0.25, 0.3) is 0 Å². The molecule has 0 heterocycles. The second-order valence-corrected chi connectivity index (χ2v) is 5.25. The van der Waals surface area contributed by atoms with Crippen molar-refractivity contribution in [1.82, 2.24) is 0 Å². The van der Waals surface area contributed by atoms with Crippen LogP contribution < -0.4 is 0 Å². The Hall–Kier alpha value is -0.0800. The lowest BCUT2D eigenvalue weighted by Crippen LogP contribution is -2.39. The molecule has 0 spiro atoms. The fourth-order valence-corrected chi connectivity index (χ4v) is 2.73. The second-order valence-electron chi connectivity index (χ2n) is 5.25. The number of hydrogen-bond acceptors (Lipinski definition) is 2. The lowest BCUT2D eigenvalue weighted by molar-refractivity contribution is -0.0712. The first-order valence-corrected chi connectivity index (χ1v) is 5.77. The minimum Gasteiger partial charge on any atom is -0.387 e. The normalized spacial score (nSPS) is 33.6. The van der Waals surface area contributed by atoms with Crippen LogP contribution >= 0.6 is 0 Å². The molecule has 1 fully saturated rings. The van der Waals surface area contributed by atoms with Crippen LogP contribution in [0.4, 0.5) is 0 Å². The van der Waals surface area contributed by atoms with Crippen molar-refractivity contribution in [3.8, 4) is 0 Å². The molecule has 2 unspecified atom stereocenters. The minimum atomic E-state index is -0.535. The van der Waals surface area contributed by atoms with Crippen molar-refractivity contribution in [1.29, 1.82) is 0 Å². The van der Waals surface area contributed by atoms with Crippen molar-refractivity contribution in [2.75, 3.05) is 13.7 Å². The average Bonchev–Trinajstić information content (AvgIpc) is 2.02. The zero-order chi connectivity index (χ0) is 10.6. The zero-order valence-corrected chi connectivity index (χ0v) is 9.75.